The lowest BCUT2D eigenvalue weighted by molar-refractivity contribution is 0.342. The molecule has 1 heterocycles. The van der Waals surface area contributed by atoms with E-state index >= 15 is 0 Å². The van der Waals surface area contributed by atoms with Crippen molar-refractivity contribution in [3.05, 3.63) is 83.9 Å². The number of benzene rings is 3. The van der Waals surface area contributed by atoms with E-state index in [1.807, 2.05) is 54.6 Å². The van der Waals surface area contributed by atoms with Crippen LogP contribution >= 0.6 is 0 Å². The van der Waals surface area contributed by atoms with Crippen LogP contribution in [0, 0.1) is 0 Å². The van der Waals surface area contributed by atoms with Gasteiger partial charge in [-0.25, -0.2) is 0 Å². The molecule has 0 spiro atoms. The monoisotopic (exact) mass is 271 g/mol. The molecular formula is C19H13NO. The van der Waals surface area contributed by atoms with E-state index in [1.165, 1.54) is 10.8 Å². The Balaban J connectivity index is 1.86. The van der Waals surface area contributed by atoms with Gasteiger partial charge >= 0.3 is 0 Å². The number of hydrogen-bond acceptors (Lipinski definition) is 2. The van der Waals surface area contributed by atoms with Gasteiger partial charge in [-0.15, -0.1) is 0 Å². The van der Waals surface area contributed by atoms with Crippen molar-refractivity contribution in [3.8, 4) is 5.75 Å². The van der Waals surface area contributed by atoms with Crippen molar-refractivity contribution in [3.63, 3.8) is 0 Å². The SMILES string of the molecule is C1=Cc2ccccc2ON=C1c1cccc2ccccc12. The zero-order valence-corrected chi connectivity index (χ0v) is 11.4. The number of rotatable bonds is 1. The third kappa shape index (κ3) is 2.11. The fraction of sp³-hybridized carbons (Fsp3) is 0. The van der Waals surface area contributed by atoms with Crippen LogP contribution in [0.15, 0.2) is 78.0 Å². The zero-order chi connectivity index (χ0) is 14.1. The molecule has 3 aromatic carbocycles. The minimum Gasteiger partial charge on any atom is -0.356 e. The van der Waals surface area contributed by atoms with E-state index in [2.05, 4.69) is 29.4 Å². The first-order valence-corrected chi connectivity index (χ1v) is 6.92. The van der Waals surface area contributed by atoms with E-state index in [-0.39, 0.29) is 0 Å². The van der Waals surface area contributed by atoms with Crippen molar-refractivity contribution in [1.82, 2.24) is 0 Å². The van der Waals surface area contributed by atoms with Crippen LogP contribution in [0.25, 0.3) is 16.8 Å². The molecule has 0 amide bonds. The van der Waals surface area contributed by atoms with Gasteiger partial charge in [-0.05, 0) is 29.0 Å². The Bertz CT molecular complexity index is 872. The Hall–Kier alpha value is -2.87. The van der Waals surface area contributed by atoms with Crippen LogP contribution in [0.1, 0.15) is 11.1 Å². The Kier molecular flexibility index (Phi) is 2.79. The molecule has 0 fully saturated rings. The molecule has 0 saturated heterocycles. The number of para-hydroxylation sites is 1. The molecule has 1 aliphatic heterocycles. The largest absolute Gasteiger partial charge is 0.356 e. The highest BCUT2D eigenvalue weighted by Crippen LogP contribution is 2.25. The van der Waals surface area contributed by atoms with Crippen molar-refractivity contribution in [2.75, 3.05) is 0 Å². The van der Waals surface area contributed by atoms with Gasteiger partial charge in [0.05, 0.1) is 0 Å². The van der Waals surface area contributed by atoms with Gasteiger partial charge in [0.1, 0.15) is 5.71 Å². The van der Waals surface area contributed by atoms with Gasteiger partial charge in [0, 0.05) is 11.1 Å². The number of allylic oxidation sites excluding steroid dienone is 1. The Morgan fingerprint density at radius 3 is 2.52 bits per heavy atom. The molecular weight excluding hydrogens is 258 g/mol. The molecule has 0 saturated carbocycles. The third-order valence-corrected chi connectivity index (χ3v) is 3.65. The van der Waals surface area contributed by atoms with Crippen LogP contribution in [0.4, 0.5) is 0 Å². The molecule has 21 heavy (non-hydrogen) atoms. The molecule has 3 aromatic rings. The van der Waals surface area contributed by atoms with Crippen LogP contribution in [0.2, 0.25) is 0 Å². The van der Waals surface area contributed by atoms with Crippen LogP contribution in [-0.2, 0) is 0 Å². The highest BCUT2D eigenvalue weighted by atomic mass is 16.6. The Labute approximate surface area is 123 Å². The van der Waals surface area contributed by atoms with E-state index in [4.69, 9.17) is 4.84 Å². The predicted molar refractivity (Wildman–Crippen MR) is 86.6 cm³/mol. The first-order valence-electron chi connectivity index (χ1n) is 6.92. The quantitative estimate of drug-likeness (QED) is 0.631. The summed E-state index contributed by atoms with van der Waals surface area (Å²) in [5.41, 5.74) is 2.96. The minimum atomic E-state index is 0.781. The van der Waals surface area contributed by atoms with Gasteiger partial charge in [0.15, 0.2) is 5.75 Å². The van der Waals surface area contributed by atoms with E-state index in [1.54, 1.807) is 0 Å². The zero-order valence-electron chi connectivity index (χ0n) is 11.4. The molecule has 4 rings (SSSR count). The summed E-state index contributed by atoms with van der Waals surface area (Å²) >= 11 is 0. The predicted octanol–water partition coefficient (Wildman–Crippen LogP) is 4.65. The summed E-state index contributed by atoms with van der Waals surface area (Å²) in [7, 11) is 0. The normalized spacial score (nSPS) is 13.2. The van der Waals surface area contributed by atoms with E-state index in [0.29, 0.717) is 0 Å². The lowest BCUT2D eigenvalue weighted by Gasteiger charge is -2.05. The molecule has 0 aliphatic carbocycles. The van der Waals surface area contributed by atoms with Crippen molar-refractivity contribution >= 4 is 22.6 Å². The van der Waals surface area contributed by atoms with E-state index < -0.39 is 0 Å². The van der Waals surface area contributed by atoms with Gasteiger partial charge in [0.2, 0.25) is 0 Å². The summed E-state index contributed by atoms with van der Waals surface area (Å²) in [6, 6.07) is 22.4. The smallest absolute Gasteiger partial charge is 0.165 e. The van der Waals surface area contributed by atoms with Gasteiger partial charge in [-0.3, -0.25) is 0 Å². The number of nitrogens with zero attached hydrogens (tertiary/aromatic N) is 1. The molecule has 0 radical (unpaired) electrons. The Morgan fingerprint density at radius 1 is 0.714 bits per heavy atom. The summed E-state index contributed by atoms with van der Waals surface area (Å²) in [6.45, 7) is 0. The third-order valence-electron chi connectivity index (χ3n) is 3.65. The Morgan fingerprint density at radius 2 is 1.52 bits per heavy atom. The lowest BCUT2D eigenvalue weighted by Crippen LogP contribution is -1.99. The summed E-state index contributed by atoms with van der Waals surface area (Å²) in [6.07, 6.45) is 4.05. The fourth-order valence-electron chi connectivity index (χ4n) is 2.59. The lowest BCUT2D eigenvalue weighted by atomic mass is 10.0. The molecule has 2 heteroatoms. The average molecular weight is 271 g/mol. The first kappa shape index (κ1) is 11.9. The van der Waals surface area contributed by atoms with Crippen molar-refractivity contribution in [2.24, 2.45) is 5.16 Å². The van der Waals surface area contributed by atoms with Gasteiger partial charge < -0.3 is 4.84 Å². The minimum absolute atomic E-state index is 0.781. The second-order valence-corrected chi connectivity index (χ2v) is 4.97. The first-order chi connectivity index (χ1) is 10.4. The molecule has 100 valence electrons. The van der Waals surface area contributed by atoms with Crippen molar-refractivity contribution in [2.45, 2.75) is 0 Å². The second kappa shape index (κ2) is 4.91. The molecule has 0 bridgehead atoms. The van der Waals surface area contributed by atoms with Crippen molar-refractivity contribution in [1.29, 1.82) is 0 Å². The molecule has 2 nitrogen and oxygen atoms in total. The maximum Gasteiger partial charge on any atom is 0.165 e. The maximum atomic E-state index is 5.59. The molecule has 0 aromatic heterocycles. The van der Waals surface area contributed by atoms with Crippen molar-refractivity contribution < 1.29 is 4.84 Å². The molecule has 0 unspecified atom stereocenters. The molecule has 1 aliphatic rings. The molecule has 0 N–H and O–H groups in total. The van der Waals surface area contributed by atoms with Crippen LogP contribution in [0.5, 0.6) is 5.75 Å². The number of oxime groups is 1. The highest BCUT2D eigenvalue weighted by Gasteiger charge is 2.10. The van der Waals surface area contributed by atoms with E-state index in [0.717, 1.165) is 22.6 Å². The highest BCUT2D eigenvalue weighted by molar-refractivity contribution is 6.17. The number of hydrogen-bond donors (Lipinski definition) is 0. The van der Waals surface area contributed by atoms with E-state index in [9.17, 15) is 0 Å². The second-order valence-electron chi connectivity index (χ2n) is 4.97. The van der Waals surface area contributed by atoms with Gasteiger partial charge in [-0.1, -0.05) is 65.8 Å². The van der Waals surface area contributed by atoms with Crippen LogP contribution in [-0.4, -0.2) is 5.71 Å². The van der Waals surface area contributed by atoms with Crippen LogP contribution < -0.4 is 4.84 Å². The standard InChI is InChI=1S/C19H13NO/c1-3-9-16-14(6-1)8-5-10-17(16)18-13-12-15-7-2-4-11-19(15)21-20-18/h1-13H. The van der Waals surface area contributed by atoms with Gasteiger partial charge in [0.25, 0.3) is 0 Å². The average Bonchev–Trinajstić information content (AvgIpc) is 2.77. The van der Waals surface area contributed by atoms with Crippen LogP contribution in [0.3, 0.4) is 0 Å². The van der Waals surface area contributed by atoms with Gasteiger partial charge in [-0.2, -0.15) is 0 Å². The summed E-state index contributed by atoms with van der Waals surface area (Å²) in [5, 5.41) is 6.70. The summed E-state index contributed by atoms with van der Waals surface area (Å²) in [5.74, 6) is 0.781. The topological polar surface area (TPSA) is 21.6 Å². The maximum absolute atomic E-state index is 5.59. The summed E-state index contributed by atoms with van der Waals surface area (Å²) < 4.78 is 0. The fourth-order valence-corrected chi connectivity index (χ4v) is 2.59. The summed E-state index contributed by atoms with van der Waals surface area (Å²) in [4.78, 5) is 5.59. The molecule has 0 atom stereocenters. The number of fused-ring (bicyclic) bond motifs is 2.